The Hall–Kier alpha value is -1.63. The van der Waals surface area contributed by atoms with Crippen LogP contribution in [0.15, 0.2) is 24.3 Å². The van der Waals surface area contributed by atoms with Crippen molar-refractivity contribution in [1.29, 1.82) is 0 Å². The Kier molecular flexibility index (Phi) is 4.27. The van der Waals surface area contributed by atoms with E-state index in [9.17, 15) is 18.0 Å². The van der Waals surface area contributed by atoms with E-state index in [1.807, 2.05) is 0 Å². The molecule has 1 aromatic heterocycles. The highest BCUT2D eigenvalue weighted by Gasteiger charge is 2.41. The maximum Gasteiger partial charge on any atom is 0.392 e. The van der Waals surface area contributed by atoms with Crippen molar-refractivity contribution in [1.82, 2.24) is 4.98 Å². The first-order valence-electron chi connectivity index (χ1n) is 5.88. The first-order chi connectivity index (χ1) is 9.40. The molecule has 0 unspecified atom stereocenters. The van der Waals surface area contributed by atoms with Crippen LogP contribution in [0.1, 0.15) is 11.4 Å². The topological polar surface area (TPSA) is 39.2 Å². The maximum absolute atomic E-state index is 12.9. The van der Waals surface area contributed by atoms with Crippen LogP contribution >= 0.6 is 11.3 Å². The van der Waals surface area contributed by atoms with E-state index in [-0.39, 0.29) is 6.42 Å². The summed E-state index contributed by atoms with van der Waals surface area (Å²) >= 11 is 1.21. The van der Waals surface area contributed by atoms with E-state index in [1.165, 1.54) is 11.3 Å². The molecule has 1 heterocycles. The average molecular weight is 303 g/mol. The number of ether oxygens (including phenoxy) is 1. The Morgan fingerprint density at radius 3 is 2.70 bits per heavy atom. The van der Waals surface area contributed by atoms with Gasteiger partial charge < -0.3 is 4.74 Å². The summed E-state index contributed by atoms with van der Waals surface area (Å²) in [6.07, 6.45) is -5.44. The van der Waals surface area contributed by atoms with Crippen molar-refractivity contribution in [3.63, 3.8) is 0 Å². The second-order valence-corrected chi connectivity index (χ2v) is 5.41. The Morgan fingerprint density at radius 1 is 1.40 bits per heavy atom. The number of para-hydroxylation sites is 1. The molecule has 0 radical (unpaired) electrons. The minimum Gasteiger partial charge on any atom is -0.469 e. The van der Waals surface area contributed by atoms with E-state index in [1.54, 1.807) is 24.3 Å². The second-order valence-electron chi connectivity index (χ2n) is 4.30. The third-order valence-corrected chi connectivity index (χ3v) is 3.92. The van der Waals surface area contributed by atoms with Crippen molar-refractivity contribution >= 4 is 27.5 Å². The number of alkyl halides is 3. The number of methoxy groups -OCH3 is 1. The molecule has 0 aliphatic carbocycles. The van der Waals surface area contributed by atoms with Crippen LogP contribution in [0, 0.1) is 5.92 Å². The van der Waals surface area contributed by atoms with Crippen LogP contribution in [0.2, 0.25) is 0 Å². The van der Waals surface area contributed by atoms with Gasteiger partial charge in [0.15, 0.2) is 0 Å². The molecule has 0 aliphatic heterocycles. The van der Waals surface area contributed by atoms with E-state index in [0.717, 1.165) is 11.8 Å². The van der Waals surface area contributed by atoms with Crippen LogP contribution < -0.4 is 0 Å². The summed E-state index contributed by atoms with van der Waals surface area (Å²) in [5.74, 6) is -2.64. The van der Waals surface area contributed by atoms with Gasteiger partial charge in [-0.05, 0) is 12.1 Å². The van der Waals surface area contributed by atoms with E-state index < -0.39 is 24.5 Å². The molecule has 0 saturated heterocycles. The summed E-state index contributed by atoms with van der Waals surface area (Å²) in [4.78, 5) is 15.3. The molecule has 0 aliphatic rings. The number of benzene rings is 1. The number of aromatic nitrogens is 1. The fraction of sp³-hybridized carbons (Fsp3) is 0.385. The van der Waals surface area contributed by atoms with Crippen molar-refractivity contribution < 1.29 is 22.7 Å². The number of fused-ring (bicyclic) bond motifs is 1. The zero-order valence-electron chi connectivity index (χ0n) is 10.6. The molecule has 3 nitrogen and oxygen atoms in total. The van der Waals surface area contributed by atoms with Gasteiger partial charge in [0.1, 0.15) is 0 Å². The normalized spacial score (nSPS) is 13.4. The molecular weight excluding hydrogens is 291 g/mol. The van der Waals surface area contributed by atoms with Gasteiger partial charge in [-0.25, -0.2) is 4.98 Å². The number of carbonyl (C=O) groups is 1. The van der Waals surface area contributed by atoms with Crippen LogP contribution in [0.5, 0.6) is 0 Å². The third kappa shape index (κ3) is 3.47. The summed E-state index contributed by atoms with van der Waals surface area (Å²) in [7, 11) is 1.08. The summed E-state index contributed by atoms with van der Waals surface area (Å²) in [5.41, 5.74) is 0.673. The van der Waals surface area contributed by atoms with Crippen LogP contribution in [0.3, 0.4) is 0 Å². The number of hydrogen-bond donors (Lipinski definition) is 0. The van der Waals surface area contributed by atoms with E-state index >= 15 is 0 Å². The average Bonchev–Trinajstić information content (AvgIpc) is 2.79. The number of halogens is 3. The molecule has 0 saturated carbocycles. The minimum absolute atomic E-state index is 0.308. The first kappa shape index (κ1) is 14.8. The standard InChI is InChI=1S/C13H12F3NO2S/c1-19-12(18)7-8(13(14,15)16)6-11-17-9-4-2-3-5-10(9)20-11/h2-5,8H,6-7H2,1H3/t8-/m0/s1. The van der Waals surface area contributed by atoms with Crippen molar-refractivity contribution in [2.75, 3.05) is 7.11 Å². The smallest absolute Gasteiger partial charge is 0.392 e. The highest BCUT2D eigenvalue weighted by molar-refractivity contribution is 7.18. The number of carbonyl (C=O) groups excluding carboxylic acids is 1. The summed E-state index contributed by atoms with van der Waals surface area (Å²) in [5, 5.41) is 0.373. The van der Waals surface area contributed by atoms with Crippen LogP contribution in [0.25, 0.3) is 10.2 Å². The van der Waals surface area contributed by atoms with Gasteiger partial charge in [0.2, 0.25) is 0 Å². The van der Waals surface area contributed by atoms with Gasteiger partial charge in [0.05, 0.1) is 34.7 Å². The van der Waals surface area contributed by atoms with E-state index in [2.05, 4.69) is 9.72 Å². The second kappa shape index (κ2) is 5.78. The fourth-order valence-electron chi connectivity index (χ4n) is 1.81. The van der Waals surface area contributed by atoms with Gasteiger partial charge in [-0.2, -0.15) is 13.2 Å². The molecule has 20 heavy (non-hydrogen) atoms. The number of nitrogens with zero attached hydrogens (tertiary/aromatic N) is 1. The van der Waals surface area contributed by atoms with Gasteiger partial charge in [0, 0.05) is 6.42 Å². The summed E-state index contributed by atoms with van der Waals surface area (Å²) in [6.45, 7) is 0. The van der Waals surface area contributed by atoms with Gasteiger partial charge in [-0.15, -0.1) is 11.3 Å². The molecule has 1 atom stereocenters. The molecule has 108 valence electrons. The molecule has 0 fully saturated rings. The highest BCUT2D eigenvalue weighted by Crippen LogP contribution is 2.34. The third-order valence-electron chi connectivity index (χ3n) is 2.86. The number of thiazole rings is 1. The lowest BCUT2D eigenvalue weighted by atomic mass is 10.0. The Labute approximate surface area is 117 Å². The number of esters is 1. The van der Waals surface area contributed by atoms with E-state index in [0.29, 0.717) is 10.5 Å². The van der Waals surface area contributed by atoms with Crippen molar-refractivity contribution in [2.45, 2.75) is 19.0 Å². The summed E-state index contributed by atoms with van der Waals surface area (Å²) in [6, 6.07) is 7.14. The lowest BCUT2D eigenvalue weighted by molar-refractivity contribution is -0.183. The van der Waals surface area contributed by atoms with E-state index in [4.69, 9.17) is 0 Å². The molecule has 2 rings (SSSR count). The molecule has 2 aromatic rings. The largest absolute Gasteiger partial charge is 0.469 e. The van der Waals surface area contributed by atoms with Gasteiger partial charge in [-0.3, -0.25) is 4.79 Å². The lowest BCUT2D eigenvalue weighted by Gasteiger charge is -2.17. The molecule has 0 spiro atoms. The van der Waals surface area contributed by atoms with Gasteiger partial charge >= 0.3 is 12.1 Å². The number of rotatable bonds is 4. The number of hydrogen-bond acceptors (Lipinski definition) is 4. The maximum atomic E-state index is 12.9. The van der Waals surface area contributed by atoms with Gasteiger partial charge in [-0.1, -0.05) is 12.1 Å². The Balaban J connectivity index is 2.20. The zero-order chi connectivity index (χ0) is 14.8. The molecule has 0 amide bonds. The quantitative estimate of drug-likeness (QED) is 0.810. The van der Waals surface area contributed by atoms with Crippen molar-refractivity contribution in [3.05, 3.63) is 29.3 Å². The fourth-order valence-corrected chi connectivity index (χ4v) is 2.85. The van der Waals surface area contributed by atoms with Crippen LogP contribution in [0.4, 0.5) is 13.2 Å². The minimum atomic E-state index is -4.45. The molecule has 0 N–H and O–H groups in total. The zero-order valence-corrected chi connectivity index (χ0v) is 11.4. The Morgan fingerprint density at radius 2 is 2.10 bits per heavy atom. The lowest BCUT2D eigenvalue weighted by Crippen LogP contribution is -2.28. The van der Waals surface area contributed by atoms with Crippen LogP contribution in [-0.2, 0) is 16.0 Å². The molecule has 0 bridgehead atoms. The molecular formula is C13H12F3NO2S. The van der Waals surface area contributed by atoms with Crippen molar-refractivity contribution in [2.24, 2.45) is 5.92 Å². The highest BCUT2D eigenvalue weighted by atomic mass is 32.1. The molecule has 7 heteroatoms. The monoisotopic (exact) mass is 303 g/mol. The Bertz CT molecular complexity index is 576. The molecule has 1 aromatic carbocycles. The SMILES string of the molecule is COC(=O)C[C@H](Cc1nc2ccccc2s1)C(F)(F)F. The van der Waals surface area contributed by atoms with Gasteiger partial charge in [0.25, 0.3) is 0 Å². The predicted octanol–water partition coefficient (Wildman–Crippen LogP) is 3.58. The summed E-state index contributed by atoms with van der Waals surface area (Å²) < 4.78 is 43.9. The first-order valence-corrected chi connectivity index (χ1v) is 6.70. The predicted molar refractivity (Wildman–Crippen MR) is 69.5 cm³/mol. The van der Waals surface area contributed by atoms with Crippen molar-refractivity contribution in [3.8, 4) is 0 Å². The van der Waals surface area contributed by atoms with Crippen LogP contribution in [-0.4, -0.2) is 24.2 Å².